The molecule has 114 valence electrons. The molecule has 4 nitrogen and oxygen atoms in total. The minimum absolute atomic E-state index is 0.0416. The van der Waals surface area contributed by atoms with Gasteiger partial charge < -0.3 is 5.32 Å². The van der Waals surface area contributed by atoms with Gasteiger partial charge in [0.1, 0.15) is 0 Å². The van der Waals surface area contributed by atoms with Gasteiger partial charge >= 0.3 is 0 Å². The van der Waals surface area contributed by atoms with Gasteiger partial charge in [0, 0.05) is 12.1 Å². The molecule has 0 aliphatic rings. The van der Waals surface area contributed by atoms with Crippen LogP contribution in [0.15, 0.2) is 52.7 Å². The lowest BCUT2D eigenvalue weighted by Gasteiger charge is -2.08. The van der Waals surface area contributed by atoms with Crippen LogP contribution in [0.3, 0.4) is 0 Å². The van der Waals surface area contributed by atoms with Crippen molar-refractivity contribution in [3.8, 4) is 0 Å². The molecule has 0 bridgehead atoms. The number of rotatable bonds is 5. The predicted molar refractivity (Wildman–Crippen MR) is 90.1 cm³/mol. The van der Waals surface area contributed by atoms with E-state index < -0.39 is 0 Å². The molecule has 0 aliphatic carbocycles. The van der Waals surface area contributed by atoms with Crippen LogP contribution in [0.1, 0.15) is 30.9 Å². The lowest BCUT2D eigenvalue weighted by molar-refractivity contribution is -0.116. The number of aryl methyl sites for hydroxylation is 2. The fourth-order valence-electron chi connectivity index (χ4n) is 2.08. The van der Waals surface area contributed by atoms with Crippen molar-refractivity contribution in [2.45, 2.75) is 33.6 Å². The number of hydrogen-bond acceptors (Lipinski definition) is 3. The van der Waals surface area contributed by atoms with Crippen LogP contribution in [0.2, 0.25) is 0 Å². The van der Waals surface area contributed by atoms with E-state index in [0.717, 1.165) is 34.6 Å². The molecule has 0 saturated carbocycles. The summed E-state index contributed by atoms with van der Waals surface area (Å²) < 4.78 is 0. The maximum absolute atomic E-state index is 11.6. The molecule has 0 radical (unpaired) electrons. The summed E-state index contributed by atoms with van der Waals surface area (Å²) in [7, 11) is 0. The molecule has 1 N–H and O–H groups in total. The largest absolute Gasteiger partial charge is 0.326 e. The summed E-state index contributed by atoms with van der Waals surface area (Å²) in [6, 6.07) is 13.5. The van der Waals surface area contributed by atoms with E-state index in [1.54, 1.807) is 0 Å². The first-order chi connectivity index (χ1) is 10.6. The molecule has 2 rings (SSSR count). The number of nitrogens with one attached hydrogen (secondary N) is 1. The predicted octanol–water partition coefficient (Wildman–Crippen LogP) is 5.46. The number of carbonyl (C=O) groups excluding carboxylic acids is 1. The molecule has 0 heterocycles. The Hall–Kier alpha value is -2.49. The standard InChI is InChI=1S/C18H21N3O/c1-4-7-18(22)19-16-11-10-15(12-14(16)3)20-21-17-9-6-5-8-13(17)2/h5-6,8-12H,4,7H2,1-3H3,(H,19,22). The van der Waals surface area contributed by atoms with Crippen molar-refractivity contribution >= 4 is 23.0 Å². The van der Waals surface area contributed by atoms with Crippen LogP contribution < -0.4 is 5.32 Å². The Labute approximate surface area is 131 Å². The third kappa shape index (κ3) is 4.25. The monoisotopic (exact) mass is 295 g/mol. The quantitative estimate of drug-likeness (QED) is 0.732. The second-order valence-electron chi connectivity index (χ2n) is 5.28. The molecule has 0 aliphatic heterocycles. The van der Waals surface area contributed by atoms with E-state index in [0.29, 0.717) is 6.42 Å². The summed E-state index contributed by atoms with van der Waals surface area (Å²) in [5, 5.41) is 11.5. The van der Waals surface area contributed by atoms with Gasteiger partial charge in [0.15, 0.2) is 0 Å². The number of benzene rings is 2. The minimum atomic E-state index is 0.0416. The average Bonchev–Trinajstić information content (AvgIpc) is 2.49. The van der Waals surface area contributed by atoms with Crippen molar-refractivity contribution in [1.82, 2.24) is 0 Å². The van der Waals surface area contributed by atoms with Gasteiger partial charge in [-0.2, -0.15) is 10.2 Å². The molecule has 0 fully saturated rings. The van der Waals surface area contributed by atoms with Crippen LogP contribution in [0.25, 0.3) is 0 Å². The Balaban J connectivity index is 2.12. The Kier molecular flexibility index (Phi) is 5.42. The van der Waals surface area contributed by atoms with Crippen molar-refractivity contribution in [1.29, 1.82) is 0 Å². The zero-order valence-electron chi connectivity index (χ0n) is 13.3. The zero-order valence-corrected chi connectivity index (χ0v) is 13.3. The van der Waals surface area contributed by atoms with Crippen molar-refractivity contribution in [2.75, 3.05) is 5.32 Å². The molecule has 0 spiro atoms. The van der Waals surface area contributed by atoms with Gasteiger partial charge in [-0.3, -0.25) is 4.79 Å². The zero-order chi connectivity index (χ0) is 15.9. The highest BCUT2D eigenvalue weighted by Crippen LogP contribution is 2.25. The minimum Gasteiger partial charge on any atom is -0.326 e. The summed E-state index contributed by atoms with van der Waals surface area (Å²) in [6.07, 6.45) is 1.38. The van der Waals surface area contributed by atoms with E-state index in [9.17, 15) is 4.79 Å². The first kappa shape index (κ1) is 15.9. The molecule has 2 aromatic rings. The van der Waals surface area contributed by atoms with E-state index in [2.05, 4.69) is 15.5 Å². The molecule has 0 atom stereocenters. The fraction of sp³-hybridized carbons (Fsp3) is 0.278. The highest BCUT2D eigenvalue weighted by atomic mass is 16.1. The highest BCUT2D eigenvalue weighted by molar-refractivity contribution is 5.91. The molecule has 1 amide bonds. The van der Waals surface area contributed by atoms with Crippen LogP contribution >= 0.6 is 0 Å². The fourth-order valence-corrected chi connectivity index (χ4v) is 2.08. The van der Waals surface area contributed by atoms with E-state index in [1.165, 1.54) is 0 Å². The van der Waals surface area contributed by atoms with Gasteiger partial charge in [0.05, 0.1) is 11.4 Å². The summed E-state index contributed by atoms with van der Waals surface area (Å²) in [5.41, 5.74) is 4.53. The smallest absolute Gasteiger partial charge is 0.224 e. The van der Waals surface area contributed by atoms with Gasteiger partial charge in [-0.05, 0) is 55.7 Å². The van der Waals surface area contributed by atoms with Crippen LogP contribution in [-0.2, 0) is 4.79 Å². The van der Waals surface area contributed by atoms with Gasteiger partial charge in [0.2, 0.25) is 5.91 Å². The number of carbonyl (C=O) groups is 1. The SMILES string of the molecule is CCCC(=O)Nc1ccc(N=Nc2ccccc2C)cc1C. The summed E-state index contributed by atoms with van der Waals surface area (Å²) in [5.74, 6) is 0.0416. The third-order valence-corrected chi connectivity index (χ3v) is 3.35. The van der Waals surface area contributed by atoms with Crippen LogP contribution in [0, 0.1) is 13.8 Å². The number of azo groups is 1. The number of amides is 1. The molecule has 0 saturated heterocycles. The van der Waals surface area contributed by atoms with Gasteiger partial charge in [-0.25, -0.2) is 0 Å². The summed E-state index contributed by atoms with van der Waals surface area (Å²) in [6.45, 7) is 5.95. The molecule has 0 aromatic heterocycles. The first-order valence-corrected chi connectivity index (χ1v) is 7.48. The molecule has 0 unspecified atom stereocenters. The Morgan fingerprint density at radius 1 is 1.05 bits per heavy atom. The lowest BCUT2D eigenvalue weighted by Crippen LogP contribution is -2.11. The average molecular weight is 295 g/mol. The normalized spacial score (nSPS) is 10.9. The van der Waals surface area contributed by atoms with Gasteiger partial charge in [0.25, 0.3) is 0 Å². The molecular weight excluding hydrogens is 274 g/mol. The van der Waals surface area contributed by atoms with E-state index in [1.807, 2.05) is 63.2 Å². The molecule has 4 heteroatoms. The van der Waals surface area contributed by atoms with Crippen molar-refractivity contribution in [3.05, 3.63) is 53.6 Å². The van der Waals surface area contributed by atoms with E-state index in [-0.39, 0.29) is 5.91 Å². The van der Waals surface area contributed by atoms with Crippen LogP contribution in [-0.4, -0.2) is 5.91 Å². The second kappa shape index (κ2) is 7.50. The second-order valence-corrected chi connectivity index (χ2v) is 5.28. The van der Waals surface area contributed by atoms with Crippen LogP contribution in [0.4, 0.5) is 17.1 Å². The molecular formula is C18H21N3O. The van der Waals surface area contributed by atoms with Crippen molar-refractivity contribution < 1.29 is 4.79 Å². The maximum Gasteiger partial charge on any atom is 0.224 e. The van der Waals surface area contributed by atoms with E-state index in [4.69, 9.17) is 0 Å². The van der Waals surface area contributed by atoms with Crippen molar-refractivity contribution in [3.63, 3.8) is 0 Å². The van der Waals surface area contributed by atoms with E-state index >= 15 is 0 Å². The molecule has 22 heavy (non-hydrogen) atoms. The van der Waals surface area contributed by atoms with Crippen molar-refractivity contribution in [2.24, 2.45) is 10.2 Å². The topological polar surface area (TPSA) is 53.8 Å². The highest BCUT2D eigenvalue weighted by Gasteiger charge is 2.04. The third-order valence-electron chi connectivity index (χ3n) is 3.35. The van der Waals surface area contributed by atoms with Crippen LogP contribution in [0.5, 0.6) is 0 Å². The van der Waals surface area contributed by atoms with Gasteiger partial charge in [-0.1, -0.05) is 25.1 Å². The Bertz CT molecular complexity index is 692. The number of nitrogens with zero attached hydrogens (tertiary/aromatic N) is 2. The first-order valence-electron chi connectivity index (χ1n) is 7.48. The Morgan fingerprint density at radius 3 is 2.50 bits per heavy atom. The lowest BCUT2D eigenvalue weighted by atomic mass is 10.1. The molecule has 2 aromatic carbocycles. The summed E-state index contributed by atoms with van der Waals surface area (Å²) >= 11 is 0. The maximum atomic E-state index is 11.6. The van der Waals surface area contributed by atoms with Gasteiger partial charge in [-0.15, -0.1) is 0 Å². The summed E-state index contributed by atoms with van der Waals surface area (Å²) in [4.78, 5) is 11.6. The number of hydrogen-bond donors (Lipinski definition) is 1. The number of anilines is 1. The Morgan fingerprint density at radius 2 is 1.82 bits per heavy atom.